The lowest BCUT2D eigenvalue weighted by Gasteiger charge is -1.99. The number of nitrogens with one attached hydrogen (secondary N) is 2. The van der Waals surface area contributed by atoms with E-state index in [4.69, 9.17) is 4.42 Å². The number of H-pyrrole nitrogens is 2. The highest BCUT2D eigenvalue weighted by atomic mass is 16.3. The van der Waals surface area contributed by atoms with Crippen molar-refractivity contribution in [3.05, 3.63) is 38.7 Å². The van der Waals surface area contributed by atoms with Gasteiger partial charge >= 0.3 is 5.69 Å². The summed E-state index contributed by atoms with van der Waals surface area (Å²) < 4.78 is 6.84. The van der Waals surface area contributed by atoms with E-state index in [1.54, 1.807) is 12.1 Å². The Morgan fingerprint density at radius 2 is 2.11 bits per heavy atom. The third kappa shape index (κ3) is 1.70. The van der Waals surface area contributed by atoms with Gasteiger partial charge < -0.3 is 9.40 Å². The maximum atomic E-state index is 11.7. The number of furan rings is 1. The maximum absolute atomic E-state index is 11.7. The van der Waals surface area contributed by atoms with Crippen molar-refractivity contribution < 1.29 is 4.42 Å². The van der Waals surface area contributed by atoms with Crippen LogP contribution in [0, 0.1) is 6.92 Å². The Morgan fingerprint density at radius 1 is 1.32 bits per heavy atom. The first kappa shape index (κ1) is 11.5. The molecule has 3 heterocycles. The molecule has 0 radical (unpaired) electrons. The molecule has 0 aliphatic carbocycles. The van der Waals surface area contributed by atoms with Gasteiger partial charge in [0.05, 0.1) is 0 Å². The Hall–Kier alpha value is -2.57. The van der Waals surface area contributed by atoms with Gasteiger partial charge in [0.25, 0.3) is 5.56 Å². The van der Waals surface area contributed by atoms with Crippen LogP contribution >= 0.6 is 0 Å². The van der Waals surface area contributed by atoms with Crippen LogP contribution in [0.1, 0.15) is 12.7 Å². The smallest absolute Gasteiger partial charge is 0.330 e. The molecule has 0 aromatic carbocycles. The lowest BCUT2D eigenvalue weighted by Crippen LogP contribution is -2.29. The molecule has 0 fully saturated rings. The average Bonchev–Trinajstić information content (AvgIpc) is 2.96. The molecule has 0 saturated heterocycles. The molecule has 3 aromatic rings. The Labute approximate surface area is 106 Å². The summed E-state index contributed by atoms with van der Waals surface area (Å²) in [6.45, 7) is 4.05. The minimum Gasteiger partial charge on any atom is -0.458 e. The molecule has 3 rings (SSSR count). The first-order valence-electron chi connectivity index (χ1n) is 5.89. The van der Waals surface area contributed by atoms with Crippen LogP contribution in [0.25, 0.3) is 22.7 Å². The van der Waals surface area contributed by atoms with Gasteiger partial charge in [0.15, 0.2) is 17.2 Å². The Bertz CT molecular complexity index is 865. The van der Waals surface area contributed by atoms with Crippen LogP contribution in [-0.2, 0) is 6.54 Å². The summed E-state index contributed by atoms with van der Waals surface area (Å²) in [6, 6.07) is 3.56. The molecular weight excluding hydrogens is 248 g/mol. The van der Waals surface area contributed by atoms with E-state index in [0.29, 0.717) is 23.8 Å². The van der Waals surface area contributed by atoms with E-state index in [1.165, 1.54) is 4.57 Å². The molecule has 19 heavy (non-hydrogen) atoms. The van der Waals surface area contributed by atoms with Gasteiger partial charge in [-0.3, -0.25) is 14.3 Å². The number of aromatic nitrogens is 4. The van der Waals surface area contributed by atoms with Gasteiger partial charge in [-0.1, -0.05) is 0 Å². The van der Waals surface area contributed by atoms with Crippen molar-refractivity contribution in [3.63, 3.8) is 0 Å². The zero-order chi connectivity index (χ0) is 13.6. The summed E-state index contributed by atoms with van der Waals surface area (Å²) in [5.41, 5.74) is -0.341. The Balaban J connectivity index is 2.34. The minimum atomic E-state index is -0.480. The average molecular weight is 260 g/mol. The van der Waals surface area contributed by atoms with Crippen LogP contribution in [0.4, 0.5) is 0 Å². The van der Waals surface area contributed by atoms with Crippen molar-refractivity contribution in [1.82, 2.24) is 19.5 Å². The summed E-state index contributed by atoms with van der Waals surface area (Å²) in [4.78, 5) is 32.8. The zero-order valence-electron chi connectivity index (χ0n) is 10.5. The Kier molecular flexibility index (Phi) is 2.41. The first-order valence-corrected chi connectivity index (χ1v) is 5.89. The van der Waals surface area contributed by atoms with Gasteiger partial charge in [0.2, 0.25) is 0 Å². The van der Waals surface area contributed by atoms with Gasteiger partial charge in [0.1, 0.15) is 11.3 Å². The van der Waals surface area contributed by atoms with Crippen molar-refractivity contribution in [2.45, 2.75) is 20.4 Å². The molecular formula is C12H12N4O3. The summed E-state index contributed by atoms with van der Waals surface area (Å²) in [5, 5.41) is 0. The fourth-order valence-electron chi connectivity index (χ4n) is 2.01. The van der Waals surface area contributed by atoms with E-state index >= 15 is 0 Å². The van der Waals surface area contributed by atoms with E-state index in [1.807, 2.05) is 13.8 Å². The molecule has 2 N–H and O–H groups in total. The molecule has 0 saturated carbocycles. The van der Waals surface area contributed by atoms with Crippen LogP contribution in [0.15, 0.2) is 26.1 Å². The van der Waals surface area contributed by atoms with Gasteiger partial charge in [-0.05, 0) is 26.0 Å². The third-order valence-electron chi connectivity index (χ3n) is 2.92. The molecule has 0 atom stereocenters. The normalized spacial score (nSPS) is 11.3. The molecule has 3 aromatic heterocycles. The van der Waals surface area contributed by atoms with E-state index in [2.05, 4.69) is 15.0 Å². The lowest BCUT2D eigenvalue weighted by molar-refractivity contribution is 0.545. The van der Waals surface area contributed by atoms with Crippen LogP contribution in [0.3, 0.4) is 0 Å². The molecule has 0 spiro atoms. The van der Waals surface area contributed by atoms with Gasteiger partial charge in [0, 0.05) is 6.54 Å². The SMILES string of the molecule is CCn1c(=O)[nH]c(=O)c2[nH]c(-c3ccc(C)o3)nc21. The highest BCUT2D eigenvalue weighted by Crippen LogP contribution is 2.20. The van der Waals surface area contributed by atoms with Gasteiger partial charge in [-0.2, -0.15) is 0 Å². The second kappa shape index (κ2) is 3.98. The van der Waals surface area contributed by atoms with E-state index in [0.717, 1.165) is 5.76 Å². The van der Waals surface area contributed by atoms with Crippen LogP contribution in [-0.4, -0.2) is 19.5 Å². The monoisotopic (exact) mass is 260 g/mol. The highest BCUT2D eigenvalue weighted by molar-refractivity contribution is 5.74. The summed E-state index contributed by atoms with van der Waals surface area (Å²) in [7, 11) is 0. The van der Waals surface area contributed by atoms with E-state index in [-0.39, 0.29) is 5.52 Å². The van der Waals surface area contributed by atoms with Crippen LogP contribution < -0.4 is 11.2 Å². The number of nitrogens with zero attached hydrogens (tertiary/aromatic N) is 2. The minimum absolute atomic E-state index is 0.269. The van der Waals surface area contributed by atoms with Gasteiger partial charge in [-0.25, -0.2) is 9.78 Å². The fraction of sp³-hybridized carbons (Fsp3) is 0.250. The van der Waals surface area contributed by atoms with Crippen LogP contribution in [0.5, 0.6) is 0 Å². The van der Waals surface area contributed by atoms with Crippen molar-refractivity contribution in [2.24, 2.45) is 0 Å². The van der Waals surface area contributed by atoms with Crippen LogP contribution in [0.2, 0.25) is 0 Å². The molecule has 0 bridgehead atoms. The van der Waals surface area contributed by atoms with E-state index < -0.39 is 11.2 Å². The Morgan fingerprint density at radius 3 is 2.74 bits per heavy atom. The zero-order valence-corrected chi connectivity index (χ0v) is 10.5. The number of aryl methyl sites for hydroxylation is 2. The topological polar surface area (TPSA) is 96.7 Å². The molecule has 0 aliphatic heterocycles. The number of hydrogen-bond acceptors (Lipinski definition) is 4. The second-order valence-corrected chi connectivity index (χ2v) is 4.20. The quantitative estimate of drug-likeness (QED) is 0.718. The first-order chi connectivity index (χ1) is 9.10. The highest BCUT2D eigenvalue weighted by Gasteiger charge is 2.14. The van der Waals surface area contributed by atoms with Crippen molar-refractivity contribution in [2.75, 3.05) is 0 Å². The second-order valence-electron chi connectivity index (χ2n) is 4.20. The van der Waals surface area contributed by atoms with Gasteiger partial charge in [-0.15, -0.1) is 0 Å². The summed E-state index contributed by atoms with van der Waals surface area (Å²) >= 11 is 0. The number of fused-ring (bicyclic) bond motifs is 1. The standard InChI is InChI=1S/C12H12N4O3/c1-3-16-10-8(11(17)15-12(16)18)13-9(14-10)7-5-4-6(2)19-7/h4-5H,3H2,1-2H3,(H,13,14)(H,15,17,18). The molecule has 7 nitrogen and oxygen atoms in total. The molecule has 7 heteroatoms. The maximum Gasteiger partial charge on any atom is 0.330 e. The predicted molar refractivity (Wildman–Crippen MR) is 69.1 cm³/mol. The molecule has 0 unspecified atom stereocenters. The summed E-state index contributed by atoms with van der Waals surface area (Å²) in [5.74, 6) is 1.71. The number of hydrogen-bond donors (Lipinski definition) is 2. The van der Waals surface area contributed by atoms with E-state index in [9.17, 15) is 9.59 Å². The third-order valence-corrected chi connectivity index (χ3v) is 2.92. The predicted octanol–water partition coefficient (Wildman–Crippen LogP) is 1.00. The number of rotatable bonds is 2. The van der Waals surface area contributed by atoms with Crippen molar-refractivity contribution in [3.8, 4) is 11.6 Å². The largest absolute Gasteiger partial charge is 0.458 e. The molecule has 0 aliphatic rings. The lowest BCUT2D eigenvalue weighted by atomic mass is 10.4. The summed E-state index contributed by atoms with van der Waals surface area (Å²) in [6.07, 6.45) is 0. The van der Waals surface area contributed by atoms with Crippen molar-refractivity contribution in [1.29, 1.82) is 0 Å². The number of imidazole rings is 1. The van der Waals surface area contributed by atoms with Crippen molar-refractivity contribution >= 4 is 11.2 Å². The number of aromatic amines is 2. The molecule has 98 valence electrons. The molecule has 0 amide bonds. The fourth-order valence-corrected chi connectivity index (χ4v) is 2.01.